The van der Waals surface area contributed by atoms with Crippen LogP contribution in [-0.2, 0) is 10.0 Å². The lowest BCUT2D eigenvalue weighted by Crippen LogP contribution is -2.36. The lowest BCUT2D eigenvalue weighted by Gasteiger charge is -2.17. The van der Waals surface area contributed by atoms with E-state index >= 15 is 0 Å². The quantitative estimate of drug-likeness (QED) is 0.657. The van der Waals surface area contributed by atoms with E-state index in [1.165, 1.54) is 16.1 Å². The van der Waals surface area contributed by atoms with Crippen molar-refractivity contribution in [2.45, 2.75) is 32.7 Å². The fraction of sp³-hybridized carbons (Fsp3) is 0.818. The molecule has 0 saturated carbocycles. The Hall–Kier alpha value is -0.390. The highest BCUT2D eigenvalue weighted by Gasteiger charge is 2.10. The molecule has 0 fully saturated rings. The zero-order valence-corrected chi connectivity index (χ0v) is 11.6. The van der Waals surface area contributed by atoms with E-state index in [4.69, 9.17) is 0 Å². The van der Waals surface area contributed by atoms with Crippen LogP contribution < -0.4 is 5.32 Å². The van der Waals surface area contributed by atoms with Gasteiger partial charge in [0.15, 0.2) is 0 Å². The van der Waals surface area contributed by atoms with Gasteiger partial charge in [-0.3, -0.25) is 0 Å². The molecule has 0 aliphatic carbocycles. The number of hydrogen-bond acceptors (Lipinski definition) is 3. The molecule has 5 heteroatoms. The first-order chi connectivity index (χ1) is 7.23. The summed E-state index contributed by atoms with van der Waals surface area (Å²) in [5.41, 5.74) is 1.18. The Morgan fingerprint density at radius 1 is 1.50 bits per heavy atom. The van der Waals surface area contributed by atoms with Crippen LogP contribution in [0, 0.1) is 0 Å². The minimum atomic E-state index is -3.05. The van der Waals surface area contributed by atoms with E-state index in [9.17, 15) is 8.42 Å². The fourth-order valence-corrected chi connectivity index (χ4v) is 1.62. The monoisotopic (exact) mass is 248 g/mol. The van der Waals surface area contributed by atoms with E-state index in [2.05, 4.69) is 18.8 Å². The lowest BCUT2D eigenvalue weighted by molar-refractivity contribution is 0.436. The predicted octanol–water partition coefficient (Wildman–Crippen LogP) is 1.21. The molecule has 1 atom stereocenters. The molecule has 0 aromatic heterocycles. The predicted molar refractivity (Wildman–Crippen MR) is 69.0 cm³/mol. The SMILES string of the molecule is C=C(C)CC[C@@H](C)NCCN(C)S(C)(=O)=O. The van der Waals surface area contributed by atoms with Crippen molar-refractivity contribution >= 4 is 10.0 Å². The van der Waals surface area contributed by atoms with Crippen LogP contribution >= 0.6 is 0 Å². The molecule has 0 rings (SSSR count). The molecule has 96 valence electrons. The summed E-state index contributed by atoms with van der Waals surface area (Å²) in [7, 11) is -1.45. The normalized spacial score (nSPS) is 14.1. The van der Waals surface area contributed by atoms with Gasteiger partial charge in [-0.1, -0.05) is 5.57 Å². The van der Waals surface area contributed by atoms with Gasteiger partial charge in [-0.15, -0.1) is 6.58 Å². The summed E-state index contributed by atoms with van der Waals surface area (Å²) in [6.07, 6.45) is 3.27. The van der Waals surface area contributed by atoms with Crippen LogP contribution in [0.2, 0.25) is 0 Å². The van der Waals surface area contributed by atoms with E-state index < -0.39 is 10.0 Å². The van der Waals surface area contributed by atoms with Gasteiger partial charge in [0.05, 0.1) is 6.26 Å². The highest BCUT2D eigenvalue weighted by atomic mass is 32.2. The Balaban J connectivity index is 3.70. The molecule has 16 heavy (non-hydrogen) atoms. The Kier molecular flexibility index (Phi) is 6.87. The van der Waals surface area contributed by atoms with Crippen molar-refractivity contribution in [3.8, 4) is 0 Å². The minimum Gasteiger partial charge on any atom is -0.313 e. The third kappa shape index (κ3) is 7.84. The number of hydrogen-bond donors (Lipinski definition) is 1. The van der Waals surface area contributed by atoms with Crippen molar-refractivity contribution in [1.29, 1.82) is 0 Å². The molecule has 0 bridgehead atoms. The van der Waals surface area contributed by atoms with Gasteiger partial charge in [0.1, 0.15) is 0 Å². The zero-order valence-electron chi connectivity index (χ0n) is 10.8. The minimum absolute atomic E-state index is 0.393. The summed E-state index contributed by atoms with van der Waals surface area (Å²) < 4.78 is 23.6. The van der Waals surface area contributed by atoms with Gasteiger partial charge in [0, 0.05) is 26.2 Å². The van der Waals surface area contributed by atoms with E-state index in [-0.39, 0.29) is 0 Å². The summed E-state index contributed by atoms with van der Waals surface area (Å²) in [6, 6.07) is 0.393. The summed E-state index contributed by atoms with van der Waals surface area (Å²) in [5.74, 6) is 0. The molecule has 0 aliphatic rings. The number of sulfonamides is 1. The van der Waals surface area contributed by atoms with Crippen molar-refractivity contribution in [2.75, 3.05) is 26.4 Å². The van der Waals surface area contributed by atoms with E-state index in [1.54, 1.807) is 7.05 Å². The Morgan fingerprint density at radius 3 is 2.50 bits per heavy atom. The van der Waals surface area contributed by atoms with Crippen molar-refractivity contribution in [3.05, 3.63) is 12.2 Å². The summed E-state index contributed by atoms with van der Waals surface area (Å²) in [5, 5.41) is 3.29. The lowest BCUT2D eigenvalue weighted by atomic mass is 10.1. The average Bonchev–Trinajstić information content (AvgIpc) is 2.13. The number of allylic oxidation sites excluding steroid dienone is 1. The second-order valence-corrected chi connectivity index (χ2v) is 6.52. The summed E-state index contributed by atoms with van der Waals surface area (Å²) in [6.45, 7) is 9.16. The van der Waals surface area contributed by atoms with Gasteiger partial charge < -0.3 is 5.32 Å². The first kappa shape index (κ1) is 15.6. The molecular formula is C11H24N2O2S. The van der Waals surface area contributed by atoms with Crippen molar-refractivity contribution in [2.24, 2.45) is 0 Å². The van der Waals surface area contributed by atoms with Crippen molar-refractivity contribution in [3.63, 3.8) is 0 Å². The first-order valence-electron chi connectivity index (χ1n) is 5.52. The van der Waals surface area contributed by atoms with E-state index in [0.717, 1.165) is 12.8 Å². The second-order valence-electron chi connectivity index (χ2n) is 4.44. The van der Waals surface area contributed by atoms with Gasteiger partial charge in [-0.25, -0.2) is 12.7 Å². The van der Waals surface area contributed by atoms with Crippen molar-refractivity contribution < 1.29 is 8.42 Å². The summed E-state index contributed by atoms with van der Waals surface area (Å²) >= 11 is 0. The number of likely N-dealkylation sites (N-methyl/N-ethyl adjacent to an activating group) is 1. The van der Waals surface area contributed by atoms with Crippen molar-refractivity contribution in [1.82, 2.24) is 9.62 Å². The maximum Gasteiger partial charge on any atom is 0.210 e. The molecule has 0 heterocycles. The average molecular weight is 248 g/mol. The van der Waals surface area contributed by atoms with Crippen LogP contribution in [0.3, 0.4) is 0 Å². The summed E-state index contributed by atoms with van der Waals surface area (Å²) in [4.78, 5) is 0. The highest BCUT2D eigenvalue weighted by molar-refractivity contribution is 7.88. The van der Waals surface area contributed by atoms with Gasteiger partial charge in [0.2, 0.25) is 10.0 Å². The number of nitrogens with zero attached hydrogens (tertiary/aromatic N) is 1. The van der Waals surface area contributed by atoms with Crippen LogP contribution in [0.15, 0.2) is 12.2 Å². The van der Waals surface area contributed by atoms with Crippen LogP contribution in [0.4, 0.5) is 0 Å². The maximum atomic E-state index is 11.1. The molecule has 0 aromatic carbocycles. The molecular weight excluding hydrogens is 224 g/mol. The zero-order chi connectivity index (χ0) is 12.8. The topological polar surface area (TPSA) is 49.4 Å². The first-order valence-corrected chi connectivity index (χ1v) is 7.37. The molecule has 1 N–H and O–H groups in total. The molecule has 0 aromatic rings. The molecule has 4 nitrogen and oxygen atoms in total. The van der Waals surface area contributed by atoms with Crippen LogP contribution in [0.25, 0.3) is 0 Å². The van der Waals surface area contributed by atoms with Gasteiger partial charge in [0.25, 0.3) is 0 Å². The molecule has 0 radical (unpaired) electrons. The molecule has 0 saturated heterocycles. The number of rotatable bonds is 8. The molecule has 0 spiro atoms. The fourth-order valence-electron chi connectivity index (χ4n) is 1.20. The van der Waals surface area contributed by atoms with Crippen LogP contribution in [0.5, 0.6) is 0 Å². The van der Waals surface area contributed by atoms with E-state index in [0.29, 0.717) is 19.1 Å². The maximum absolute atomic E-state index is 11.1. The van der Waals surface area contributed by atoms with Crippen LogP contribution in [-0.4, -0.2) is 45.2 Å². The Morgan fingerprint density at radius 2 is 2.06 bits per heavy atom. The third-order valence-corrected chi connectivity index (χ3v) is 3.80. The van der Waals surface area contributed by atoms with Gasteiger partial charge >= 0.3 is 0 Å². The largest absolute Gasteiger partial charge is 0.313 e. The Bertz CT molecular complexity index is 312. The molecule has 0 aliphatic heterocycles. The molecule has 0 amide bonds. The highest BCUT2D eigenvalue weighted by Crippen LogP contribution is 2.03. The van der Waals surface area contributed by atoms with Crippen LogP contribution in [0.1, 0.15) is 26.7 Å². The van der Waals surface area contributed by atoms with Gasteiger partial charge in [-0.2, -0.15) is 0 Å². The van der Waals surface area contributed by atoms with E-state index in [1.807, 2.05) is 6.92 Å². The Labute approximate surface area is 99.8 Å². The second kappa shape index (κ2) is 7.04. The van der Waals surface area contributed by atoms with Gasteiger partial charge in [-0.05, 0) is 26.7 Å². The molecule has 0 unspecified atom stereocenters. The third-order valence-electron chi connectivity index (χ3n) is 2.49. The number of nitrogens with one attached hydrogen (secondary N) is 1. The smallest absolute Gasteiger partial charge is 0.210 e. The standard InChI is InChI=1S/C11H24N2O2S/c1-10(2)6-7-11(3)12-8-9-13(4)16(5,14)15/h11-12H,1,6-9H2,2-5H3/t11-/m1/s1.